The summed E-state index contributed by atoms with van der Waals surface area (Å²) in [7, 11) is 2.04. The first-order chi connectivity index (χ1) is 6.16. The van der Waals surface area contributed by atoms with Crippen LogP contribution in [-0.4, -0.2) is 28.5 Å². The van der Waals surface area contributed by atoms with Crippen molar-refractivity contribution in [3.05, 3.63) is 27.4 Å². The van der Waals surface area contributed by atoms with Crippen molar-refractivity contribution in [1.29, 1.82) is 0 Å². The molecule has 13 heavy (non-hydrogen) atoms. The van der Waals surface area contributed by atoms with Crippen molar-refractivity contribution in [2.45, 2.75) is 19.9 Å². The predicted molar refractivity (Wildman–Crippen MR) is 49.6 cm³/mol. The van der Waals surface area contributed by atoms with E-state index < -0.39 is 0 Å². The quantitative estimate of drug-likeness (QED) is 0.613. The molecule has 0 spiro atoms. The van der Waals surface area contributed by atoms with Gasteiger partial charge < -0.3 is 9.88 Å². The van der Waals surface area contributed by atoms with Gasteiger partial charge in [0.1, 0.15) is 5.82 Å². The largest absolute Gasteiger partial charge is 0.311 e. The first kappa shape index (κ1) is 8.44. The summed E-state index contributed by atoms with van der Waals surface area (Å²) in [4.78, 5) is 20.7. The molecule has 4 nitrogen and oxygen atoms in total. The van der Waals surface area contributed by atoms with Gasteiger partial charge in [-0.1, -0.05) is 0 Å². The second-order valence-corrected chi connectivity index (χ2v) is 3.56. The van der Waals surface area contributed by atoms with Gasteiger partial charge >= 0.3 is 0 Å². The summed E-state index contributed by atoms with van der Waals surface area (Å²) >= 11 is 0. The summed E-state index contributed by atoms with van der Waals surface area (Å²) in [5.74, 6) is 0.707. The van der Waals surface area contributed by atoms with Crippen molar-refractivity contribution in [1.82, 2.24) is 14.9 Å². The van der Waals surface area contributed by atoms with Crippen molar-refractivity contribution in [3.8, 4) is 0 Å². The van der Waals surface area contributed by atoms with Crippen molar-refractivity contribution >= 4 is 0 Å². The number of hydrogen-bond donors (Lipinski definition) is 1. The van der Waals surface area contributed by atoms with E-state index in [1.54, 1.807) is 0 Å². The van der Waals surface area contributed by atoms with Crippen molar-refractivity contribution in [2.75, 3.05) is 13.6 Å². The van der Waals surface area contributed by atoms with Crippen LogP contribution < -0.4 is 5.56 Å². The molecule has 1 aromatic rings. The van der Waals surface area contributed by atoms with E-state index >= 15 is 0 Å². The fourth-order valence-corrected chi connectivity index (χ4v) is 1.69. The normalized spacial score (nSPS) is 17.1. The number of H-pyrrole nitrogens is 1. The van der Waals surface area contributed by atoms with Crippen LogP contribution >= 0.6 is 0 Å². The lowest BCUT2D eigenvalue weighted by atomic mass is 10.1. The number of nitrogens with zero attached hydrogens (tertiary/aromatic N) is 2. The maximum Gasteiger partial charge on any atom is 0.254 e. The Morgan fingerprint density at radius 2 is 2.31 bits per heavy atom. The number of hydrogen-bond acceptors (Lipinski definition) is 3. The highest BCUT2D eigenvalue weighted by atomic mass is 16.1. The third-order valence-electron chi connectivity index (χ3n) is 2.38. The minimum atomic E-state index is 0.0376. The summed E-state index contributed by atoms with van der Waals surface area (Å²) < 4.78 is 0. The van der Waals surface area contributed by atoms with E-state index in [0.29, 0.717) is 5.82 Å². The molecule has 4 heteroatoms. The molecule has 0 atom stereocenters. The molecule has 1 N–H and O–H groups in total. The summed E-state index contributed by atoms with van der Waals surface area (Å²) in [6, 6.07) is 0. The summed E-state index contributed by atoms with van der Waals surface area (Å²) in [6.07, 6.45) is 0.814. The van der Waals surface area contributed by atoms with Gasteiger partial charge in [0.15, 0.2) is 0 Å². The molecule has 2 heterocycles. The molecule has 0 aromatic carbocycles. The number of aromatic amines is 1. The van der Waals surface area contributed by atoms with Crippen LogP contribution in [0.5, 0.6) is 0 Å². The van der Waals surface area contributed by atoms with E-state index in [1.165, 1.54) is 0 Å². The molecule has 0 saturated carbocycles. The molecule has 0 bridgehead atoms. The van der Waals surface area contributed by atoms with E-state index in [9.17, 15) is 4.79 Å². The third kappa shape index (κ3) is 1.49. The average Bonchev–Trinajstić information content (AvgIpc) is 2.02. The zero-order valence-corrected chi connectivity index (χ0v) is 7.92. The zero-order chi connectivity index (χ0) is 9.42. The monoisotopic (exact) mass is 179 g/mol. The smallest absolute Gasteiger partial charge is 0.254 e. The van der Waals surface area contributed by atoms with Gasteiger partial charge in [-0.15, -0.1) is 0 Å². The molecular formula is C9H13N3O. The van der Waals surface area contributed by atoms with E-state index in [4.69, 9.17) is 0 Å². The summed E-state index contributed by atoms with van der Waals surface area (Å²) in [5.41, 5.74) is 1.84. The van der Waals surface area contributed by atoms with Crippen LogP contribution in [0.4, 0.5) is 0 Å². The van der Waals surface area contributed by atoms with Crippen LogP contribution in [0.3, 0.4) is 0 Å². The Labute approximate surface area is 76.6 Å². The van der Waals surface area contributed by atoms with Gasteiger partial charge in [0.25, 0.3) is 5.56 Å². The Bertz CT molecular complexity index is 383. The molecule has 1 aliphatic rings. The summed E-state index contributed by atoms with van der Waals surface area (Å²) in [5, 5.41) is 0. The zero-order valence-electron chi connectivity index (χ0n) is 7.92. The number of rotatable bonds is 0. The number of aryl methyl sites for hydroxylation is 1. The lowest BCUT2D eigenvalue weighted by Gasteiger charge is -2.23. The van der Waals surface area contributed by atoms with Crippen LogP contribution in [0, 0.1) is 6.92 Å². The Kier molecular flexibility index (Phi) is 1.92. The fourth-order valence-electron chi connectivity index (χ4n) is 1.69. The molecule has 0 saturated heterocycles. The molecule has 70 valence electrons. The van der Waals surface area contributed by atoms with Gasteiger partial charge in [0, 0.05) is 18.7 Å². The van der Waals surface area contributed by atoms with Crippen molar-refractivity contribution < 1.29 is 0 Å². The van der Waals surface area contributed by atoms with E-state index in [-0.39, 0.29) is 5.56 Å². The summed E-state index contributed by atoms with van der Waals surface area (Å²) in [6.45, 7) is 3.55. The highest BCUT2D eigenvalue weighted by Crippen LogP contribution is 2.11. The topological polar surface area (TPSA) is 49.0 Å². The average molecular weight is 179 g/mol. The second kappa shape index (κ2) is 2.96. The molecular weight excluding hydrogens is 166 g/mol. The first-order valence-electron chi connectivity index (χ1n) is 4.44. The minimum absolute atomic E-state index is 0.0376. The molecule has 0 aliphatic carbocycles. The number of fused-ring (bicyclic) bond motifs is 1. The van der Waals surface area contributed by atoms with Crippen molar-refractivity contribution in [3.63, 3.8) is 0 Å². The molecule has 0 radical (unpaired) electrons. The van der Waals surface area contributed by atoms with Crippen LogP contribution in [0.25, 0.3) is 0 Å². The van der Waals surface area contributed by atoms with Crippen LogP contribution in [0.15, 0.2) is 4.79 Å². The predicted octanol–water partition coefficient (Wildman–Crippen LogP) is 0.0662. The fraction of sp³-hybridized carbons (Fsp3) is 0.556. The van der Waals surface area contributed by atoms with Gasteiger partial charge in [-0.25, -0.2) is 4.98 Å². The lowest BCUT2D eigenvalue weighted by Crippen LogP contribution is -2.32. The molecule has 0 unspecified atom stereocenters. The van der Waals surface area contributed by atoms with Gasteiger partial charge in [-0.2, -0.15) is 0 Å². The number of nitrogens with one attached hydrogen (secondary N) is 1. The van der Waals surface area contributed by atoms with Gasteiger partial charge in [-0.05, 0) is 20.4 Å². The molecule has 0 amide bonds. The Morgan fingerprint density at radius 3 is 3.08 bits per heavy atom. The molecule has 0 fully saturated rings. The van der Waals surface area contributed by atoms with Crippen LogP contribution in [0.1, 0.15) is 17.1 Å². The molecule has 1 aromatic heterocycles. The standard InChI is InChI=1S/C9H13N3O/c1-6-10-8-5-12(2)4-3-7(8)9(13)11-6/h3-5H2,1-2H3,(H,10,11,13). The Hall–Kier alpha value is -1.16. The lowest BCUT2D eigenvalue weighted by molar-refractivity contribution is 0.305. The van der Waals surface area contributed by atoms with Gasteiger partial charge in [-0.3, -0.25) is 4.79 Å². The second-order valence-electron chi connectivity index (χ2n) is 3.56. The third-order valence-corrected chi connectivity index (χ3v) is 2.38. The maximum absolute atomic E-state index is 11.5. The molecule has 1 aliphatic heterocycles. The highest BCUT2D eigenvalue weighted by Gasteiger charge is 2.17. The van der Waals surface area contributed by atoms with Crippen LogP contribution in [-0.2, 0) is 13.0 Å². The van der Waals surface area contributed by atoms with Crippen LogP contribution in [0.2, 0.25) is 0 Å². The van der Waals surface area contributed by atoms with E-state index in [0.717, 1.165) is 30.8 Å². The minimum Gasteiger partial charge on any atom is -0.311 e. The highest BCUT2D eigenvalue weighted by molar-refractivity contribution is 5.20. The number of aromatic nitrogens is 2. The Balaban J connectivity index is 2.53. The maximum atomic E-state index is 11.5. The van der Waals surface area contributed by atoms with E-state index in [1.807, 2.05) is 14.0 Å². The first-order valence-corrected chi connectivity index (χ1v) is 4.44. The van der Waals surface area contributed by atoms with Crippen molar-refractivity contribution in [2.24, 2.45) is 0 Å². The number of likely N-dealkylation sites (N-methyl/N-ethyl adjacent to an activating group) is 1. The molecule has 2 rings (SSSR count). The van der Waals surface area contributed by atoms with E-state index in [2.05, 4.69) is 14.9 Å². The SMILES string of the molecule is Cc1nc2c(c(=O)[nH]1)CCN(C)C2. The van der Waals surface area contributed by atoms with Gasteiger partial charge in [0.2, 0.25) is 0 Å². The van der Waals surface area contributed by atoms with Gasteiger partial charge in [0.05, 0.1) is 5.69 Å². The Morgan fingerprint density at radius 1 is 1.54 bits per heavy atom.